The highest BCUT2D eigenvalue weighted by molar-refractivity contribution is 7.99. The molecule has 1 aromatic heterocycles. The fourth-order valence-electron chi connectivity index (χ4n) is 3.93. The Balaban J connectivity index is 1.57. The number of aromatic nitrogens is 3. The zero-order valence-electron chi connectivity index (χ0n) is 17.5. The second kappa shape index (κ2) is 8.38. The molecule has 164 valence electrons. The molecule has 0 unspecified atom stereocenters. The predicted octanol–water partition coefficient (Wildman–Crippen LogP) is 4.96. The van der Waals surface area contributed by atoms with E-state index in [1.165, 1.54) is 42.8 Å². The molecule has 2 aromatic carbocycles. The summed E-state index contributed by atoms with van der Waals surface area (Å²) in [4.78, 5) is 17.8. The van der Waals surface area contributed by atoms with Crippen molar-refractivity contribution in [1.82, 2.24) is 15.2 Å². The van der Waals surface area contributed by atoms with Crippen molar-refractivity contribution >= 4 is 29.0 Å². The van der Waals surface area contributed by atoms with Gasteiger partial charge in [0.2, 0.25) is 11.0 Å². The van der Waals surface area contributed by atoms with Gasteiger partial charge >= 0.3 is 0 Å². The van der Waals surface area contributed by atoms with Crippen LogP contribution >= 0.6 is 11.8 Å². The molecular weight excluding hydrogens is 429 g/mol. The number of anilines is 2. The van der Waals surface area contributed by atoms with E-state index in [1.807, 2.05) is 24.3 Å². The third-order valence-electron chi connectivity index (χ3n) is 5.54. The number of nitrogens with zero attached hydrogens (tertiary/aromatic N) is 3. The number of hydrogen-bond acceptors (Lipinski definition) is 7. The first kappa shape index (κ1) is 20.7. The van der Waals surface area contributed by atoms with Crippen LogP contribution in [0.1, 0.15) is 38.2 Å². The van der Waals surface area contributed by atoms with E-state index in [0.717, 1.165) is 18.6 Å². The number of para-hydroxylation sites is 1. The second-order valence-electron chi connectivity index (χ2n) is 7.76. The van der Waals surface area contributed by atoms with Crippen molar-refractivity contribution in [3.63, 3.8) is 0 Å². The first-order chi connectivity index (χ1) is 15.6. The third-order valence-corrected chi connectivity index (χ3v) is 6.46. The van der Waals surface area contributed by atoms with E-state index in [0.29, 0.717) is 33.4 Å². The molecule has 2 N–H and O–H groups in total. The van der Waals surface area contributed by atoms with Crippen LogP contribution in [0.25, 0.3) is 11.3 Å². The molecule has 0 saturated heterocycles. The van der Waals surface area contributed by atoms with Crippen molar-refractivity contribution in [3.05, 3.63) is 53.8 Å². The van der Waals surface area contributed by atoms with Gasteiger partial charge in [0.15, 0.2) is 5.69 Å². The number of nitrogens with one attached hydrogen (secondary N) is 2. The smallest absolute Gasteiger partial charge is 0.295 e. The molecule has 32 heavy (non-hydrogen) atoms. The fourth-order valence-corrected chi connectivity index (χ4v) is 4.70. The number of amides is 1. The molecule has 0 saturated carbocycles. The third kappa shape index (κ3) is 3.56. The Morgan fingerprint density at radius 2 is 1.97 bits per heavy atom. The number of fused-ring (bicyclic) bond motifs is 5. The van der Waals surface area contributed by atoms with Crippen LogP contribution in [-0.2, 0) is 10.5 Å². The van der Waals surface area contributed by atoms with E-state index in [4.69, 9.17) is 4.74 Å². The molecule has 3 aromatic rings. The van der Waals surface area contributed by atoms with Crippen molar-refractivity contribution in [2.75, 3.05) is 16.4 Å². The Bertz CT molecular complexity index is 1190. The maximum absolute atomic E-state index is 14.1. The number of ether oxygens (including phenoxy) is 1. The monoisotopic (exact) mass is 451 g/mol. The highest BCUT2D eigenvalue weighted by atomic mass is 32.2. The highest BCUT2D eigenvalue weighted by Crippen LogP contribution is 2.46. The van der Waals surface area contributed by atoms with Gasteiger partial charge in [-0.2, -0.15) is 4.98 Å². The molecule has 7 nitrogen and oxygen atoms in total. The van der Waals surface area contributed by atoms with Gasteiger partial charge < -0.3 is 15.4 Å². The van der Waals surface area contributed by atoms with E-state index in [2.05, 4.69) is 32.7 Å². The van der Waals surface area contributed by atoms with Crippen LogP contribution in [0.2, 0.25) is 0 Å². The van der Waals surface area contributed by atoms with E-state index in [-0.39, 0.29) is 5.88 Å². The van der Waals surface area contributed by atoms with Gasteiger partial charge in [0, 0.05) is 17.0 Å². The average molecular weight is 452 g/mol. The summed E-state index contributed by atoms with van der Waals surface area (Å²) in [6.45, 7) is 2.18. The lowest BCUT2D eigenvalue weighted by molar-refractivity contribution is -0.128. The number of halogens is 1. The van der Waals surface area contributed by atoms with E-state index < -0.39 is 17.4 Å². The summed E-state index contributed by atoms with van der Waals surface area (Å²) in [6.07, 6.45) is 4.58. The first-order valence-electron chi connectivity index (χ1n) is 10.7. The molecule has 3 heterocycles. The molecule has 2 aliphatic heterocycles. The summed E-state index contributed by atoms with van der Waals surface area (Å²) in [5.74, 6) is 0.135. The molecule has 2 aliphatic rings. The number of benzene rings is 2. The molecule has 1 atom stereocenters. The quantitative estimate of drug-likeness (QED) is 0.404. The molecule has 0 aliphatic carbocycles. The zero-order chi connectivity index (χ0) is 22.1. The number of unbranched alkanes of at least 4 members (excludes halogenated alkanes) is 3. The summed E-state index contributed by atoms with van der Waals surface area (Å²) in [6, 6.07) is 11.5. The van der Waals surface area contributed by atoms with Gasteiger partial charge in [-0.25, -0.2) is 4.39 Å². The summed E-state index contributed by atoms with van der Waals surface area (Å²) >= 11 is 1.51. The Labute approximate surface area is 189 Å². The first-order valence-corrected chi connectivity index (χ1v) is 11.6. The van der Waals surface area contributed by atoms with Crippen molar-refractivity contribution in [2.45, 2.75) is 43.5 Å². The lowest BCUT2D eigenvalue weighted by Gasteiger charge is -2.28. The summed E-state index contributed by atoms with van der Waals surface area (Å²) < 4.78 is 20.4. The van der Waals surface area contributed by atoms with Gasteiger partial charge in [0.1, 0.15) is 5.82 Å². The van der Waals surface area contributed by atoms with Crippen molar-refractivity contribution in [2.24, 2.45) is 0 Å². The van der Waals surface area contributed by atoms with Gasteiger partial charge in [0.25, 0.3) is 11.6 Å². The van der Waals surface area contributed by atoms with Crippen molar-refractivity contribution in [3.8, 4) is 17.1 Å². The molecule has 0 radical (unpaired) electrons. The van der Waals surface area contributed by atoms with Crippen LogP contribution in [0.5, 0.6) is 5.88 Å². The van der Waals surface area contributed by atoms with Crippen molar-refractivity contribution < 1.29 is 13.9 Å². The maximum atomic E-state index is 14.1. The minimum atomic E-state index is -1.67. The summed E-state index contributed by atoms with van der Waals surface area (Å²) in [5.41, 5.74) is 0.927. The SMILES string of the molecule is CCCCCCSc1nnc2c(n1)O[C@@]1(Nc3ccccc3-2)C(=O)Nc2ccc(F)cc21. The Kier molecular flexibility index (Phi) is 5.42. The summed E-state index contributed by atoms with van der Waals surface area (Å²) in [7, 11) is 0. The van der Waals surface area contributed by atoms with Gasteiger partial charge in [-0.05, 0) is 30.7 Å². The molecule has 1 spiro atoms. The van der Waals surface area contributed by atoms with Crippen LogP contribution in [0, 0.1) is 5.82 Å². The molecule has 5 rings (SSSR count). The number of thioether (sulfide) groups is 1. The Hall–Kier alpha value is -3.20. The summed E-state index contributed by atoms with van der Waals surface area (Å²) in [5, 5.41) is 15.1. The van der Waals surface area contributed by atoms with Gasteiger partial charge in [-0.1, -0.05) is 56.1 Å². The highest BCUT2D eigenvalue weighted by Gasteiger charge is 2.52. The van der Waals surface area contributed by atoms with Gasteiger partial charge in [0.05, 0.1) is 11.3 Å². The van der Waals surface area contributed by atoms with Gasteiger partial charge in [-0.3, -0.25) is 4.79 Å². The molecular formula is C23H22FN5O2S. The number of carbonyl (C=O) groups is 1. The molecule has 1 amide bonds. The van der Waals surface area contributed by atoms with E-state index in [9.17, 15) is 9.18 Å². The molecule has 0 bridgehead atoms. The van der Waals surface area contributed by atoms with Gasteiger partial charge in [-0.15, -0.1) is 10.2 Å². The van der Waals surface area contributed by atoms with E-state index >= 15 is 0 Å². The van der Waals surface area contributed by atoms with Crippen LogP contribution in [0.15, 0.2) is 47.6 Å². The number of carbonyl (C=O) groups excluding carboxylic acids is 1. The molecule has 0 fully saturated rings. The average Bonchev–Trinajstić information content (AvgIpc) is 2.96. The number of rotatable bonds is 6. The van der Waals surface area contributed by atoms with Crippen LogP contribution < -0.4 is 15.4 Å². The minimum Gasteiger partial charge on any atom is -0.435 e. The Morgan fingerprint density at radius 1 is 1.09 bits per heavy atom. The van der Waals surface area contributed by atoms with E-state index in [1.54, 1.807) is 0 Å². The molecule has 9 heteroatoms. The van der Waals surface area contributed by atoms with Crippen molar-refractivity contribution in [1.29, 1.82) is 0 Å². The Morgan fingerprint density at radius 3 is 2.84 bits per heavy atom. The predicted molar refractivity (Wildman–Crippen MR) is 121 cm³/mol. The standard InChI is InChI=1S/C23H22FN5O2S/c1-2-3-4-7-12-32-22-26-20-19(28-29-22)15-8-5-6-9-17(15)27-23(31-20)16-13-14(24)10-11-18(16)25-21(23)30/h5-6,8-11,13,27H,2-4,7,12H2,1H3,(H,25,30)/t23-/m1/s1. The fraction of sp³-hybridized carbons (Fsp3) is 0.304. The lowest BCUT2D eigenvalue weighted by atomic mass is 10.0. The maximum Gasteiger partial charge on any atom is 0.295 e. The van der Waals surface area contributed by atoms with Crippen LogP contribution in [0.4, 0.5) is 15.8 Å². The normalized spacial score (nSPS) is 18.1. The van der Waals surface area contributed by atoms with Crippen LogP contribution in [0.3, 0.4) is 0 Å². The van der Waals surface area contributed by atoms with Crippen LogP contribution in [-0.4, -0.2) is 26.8 Å². The number of hydrogen-bond donors (Lipinski definition) is 2. The zero-order valence-corrected chi connectivity index (χ0v) is 18.3. The lowest BCUT2D eigenvalue weighted by Crippen LogP contribution is -2.47. The topological polar surface area (TPSA) is 89.0 Å². The minimum absolute atomic E-state index is 0.181. The largest absolute Gasteiger partial charge is 0.435 e. The second-order valence-corrected chi connectivity index (χ2v) is 8.82.